The van der Waals surface area contributed by atoms with Crippen molar-refractivity contribution in [3.63, 3.8) is 0 Å². The van der Waals surface area contributed by atoms with Gasteiger partial charge < -0.3 is 19.7 Å². The second-order valence-corrected chi connectivity index (χ2v) is 11.7. The number of sulfonamides is 1. The summed E-state index contributed by atoms with van der Waals surface area (Å²) in [5.41, 5.74) is 1.02. The molecule has 1 atom stereocenters. The lowest BCUT2D eigenvalue weighted by Crippen LogP contribution is -2.52. The number of hydrogen-bond acceptors (Lipinski definition) is 6. The molecular formula is C29H34ClN3O6S. The third-order valence-corrected chi connectivity index (χ3v) is 8.15. The number of amides is 2. The third-order valence-electron chi connectivity index (χ3n) is 6.13. The Kier molecular flexibility index (Phi) is 10.4. The molecule has 3 aromatic carbocycles. The van der Waals surface area contributed by atoms with Crippen LogP contribution in [0.4, 0.5) is 5.69 Å². The summed E-state index contributed by atoms with van der Waals surface area (Å²) in [6, 6.07) is 18.4. The summed E-state index contributed by atoms with van der Waals surface area (Å²) >= 11 is 6.03. The van der Waals surface area contributed by atoms with Crippen molar-refractivity contribution in [2.24, 2.45) is 0 Å². The summed E-state index contributed by atoms with van der Waals surface area (Å²) in [6.07, 6.45) is 0. The first-order valence-corrected chi connectivity index (χ1v) is 14.4. The first-order valence-electron chi connectivity index (χ1n) is 12.6. The largest absolute Gasteiger partial charge is 0.493 e. The Morgan fingerprint density at radius 1 is 0.900 bits per heavy atom. The number of methoxy groups -OCH3 is 2. The second-order valence-electron chi connectivity index (χ2n) is 9.35. The molecule has 11 heteroatoms. The van der Waals surface area contributed by atoms with Crippen LogP contribution >= 0.6 is 11.6 Å². The number of ether oxygens (including phenoxy) is 2. The number of benzene rings is 3. The van der Waals surface area contributed by atoms with Crippen molar-refractivity contribution in [1.82, 2.24) is 10.2 Å². The molecule has 0 aliphatic rings. The Morgan fingerprint density at radius 3 is 2.10 bits per heavy atom. The number of carbonyl (C=O) groups excluding carboxylic acids is 2. The van der Waals surface area contributed by atoms with Crippen molar-refractivity contribution < 1.29 is 27.5 Å². The zero-order chi connectivity index (χ0) is 29.4. The molecule has 0 heterocycles. The lowest BCUT2D eigenvalue weighted by atomic mass is 10.1. The van der Waals surface area contributed by atoms with E-state index in [9.17, 15) is 18.0 Å². The predicted octanol–water partition coefficient (Wildman–Crippen LogP) is 4.49. The molecule has 0 radical (unpaired) electrons. The van der Waals surface area contributed by atoms with Gasteiger partial charge in [0, 0.05) is 23.7 Å². The van der Waals surface area contributed by atoms with E-state index in [0.717, 1.165) is 9.87 Å². The molecule has 0 saturated heterocycles. The van der Waals surface area contributed by atoms with Gasteiger partial charge in [0.25, 0.3) is 10.0 Å². The van der Waals surface area contributed by atoms with Crippen molar-refractivity contribution in [2.75, 3.05) is 25.1 Å². The molecule has 0 aromatic heterocycles. The van der Waals surface area contributed by atoms with E-state index in [1.807, 2.05) is 13.8 Å². The Morgan fingerprint density at radius 2 is 1.52 bits per heavy atom. The lowest BCUT2D eigenvalue weighted by molar-refractivity contribution is -0.139. The molecular weight excluding hydrogens is 554 g/mol. The monoisotopic (exact) mass is 587 g/mol. The summed E-state index contributed by atoms with van der Waals surface area (Å²) < 4.78 is 39.5. The van der Waals surface area contributed by atoms with Crippen LogP contribution in [0.2, 0.25) is 5.02 Å². The van der Waals surface area contributed by atoms with E-state index >= 15 is 0 Å². The van der Waals surface area contributed by atoms with Crippen LogP contribution < -0.4 is 19.1 Å². The third kappa shape index (κ3) is 7.45. The van der Waals surface area contributed by atoms with Crippen molar-refractivity contribution in [3.8, 4) is 11.5 Å². The van der Waals surface area contributed by atoms with Crippen molar-refractivity contribution in [3.05, 3.63) is 83.4 Å². The van der Waals surface area contributed by atoms with Crippen LogP contribution in [-0.4, -0.2) is 58.0 Å². The minimum Gasteiger partial charge on any atom is -0.493 e. The molecule has 9 nitrogen and oxygen atoms in total. The quantitative estimate of drug-likeness (QED) is 0.335. The van der Waals surface area contributed by atoms with Gasteiger partial charge in [-0.1, -0.05) is 41.9 Å². The number of nitrogens with one attached hydrogen (secondary N) is 1. The van der Waals surface area contributed by atoms with Gasteiger partial charge >= 0.3 is 0 Å². The van der Waals surface area contributed by atoms with Crippen LogP contribution in [0.15, 0.2) is 77.7 Å². The minimum absolute atomic E-state index is 0.0712. The maximum Gasteiger partial charge on any atom is 0.264 e. The molecule has 0 aliphatic heterocycles. The molecule has 3 rings (SSSR count). The van der Waals surface area contributed by atoms with Crippen LogP contribution in [0.25, 0.3) is 0 Å². The SMILES string of the molecule is COc1ccc(S(=O)(=O)N(CC(=O)N(Cc2ccc(Cl)cc2)[C@H](C)C(=O)NC(C)C)c2ccccc2)cc1OC. The van der Waals surface area contributed by atoms with Gasteiger partial charge in [0.1, 0.15) is 12.6 Å². The van der Waals surface area contributed by atoms with Gasteiger partial charge in [-0.25, -0.2) is 8.42 Å². The topological polar surface area (TPSA) is 105 Å². The van der Waals surface area contributed by atoms with Crippen LogP contribution in [0, 0.1) is 0 Å². The highest BCUT2D eigenvalue weighted by Gasteiger charge is 2.33. The molecule has 214 valence electrons. The summed E-state index contributed by atoms with van der Waals surface area (Å²) in [5, 5.41) is 3.36. The number of nitrogens with zero attached hydrogens (tertiary/aromatic N) is 2. The number of rotatable bonds is 12. The zero-order valence-electron chi connectivity index (χ0n) is 23.1. The van der Waals surface area contributed by atoms with E-state index in [0.29, 0.717) is 10.8 Å². The Labute approximate surface area is 240 Å². The van der Waals surface area contributed by atoms with E-state index in [1.165, 1.54) is 37.3 Å². The second kappa shape index (κ2) is 13.5. The number of hydrogen-bond donors (Lipinski definition) is 1. The molecule has 0 unspecified atom stereocenters. The van der Waals surface area contributed by atoms with Crippen molar-refractivity contribution in [2.45, 2.75) is 44.3 Å². The maximum atomic E-state index is 14.0. The summed E-state index contributed by atoms with van der Waals surface area (Å²) in [6.45, 7) is 4.78. The van der Waals surface area contributed by atoms with Gasteiger partial charge in [-0.15, -0.1) is 0 Å². The lowest BCUT2D eigenvalue weighted by Gasteiger charge is -2.32. The minimum atomic E-state index is -4.25. The number of halogens is 1. The number of para-hydroxylation sites is 1. The Bertz CT molecular complexity index is 1420. The fourth-order valence-electron chi connectivity index (χ4n) is 4.00. The normalized spacial score (nSPS) is 12.0. The summed E-state index contributed by atoms with van der Waals surface area (Å²) in [7, 11) is -1.39. The standard InChI is InChI=1S/C29H34ClN3O6S/c1-20(2)31-29(35)21(3)32(18-22-11-13-23(30)14-12-22)28(34)19-33(24-9-7-6-8-10-24)40(36,37)25-15-16-26(38-4)27(17-25)39-5/h6-17,20-21H,18-19H2,1-5H3,(H,31,35)/t21-/m1/s1. The van der Waals surface area contributed by atoms with E-state index in [2.05, 4.69) is 5.32 Å². The number of anilines is 1. The van der Waals surface area contributed by atoms with Gasteiger partial charge in [0.15, 0.2) is 11.5 Å². The van der Waals surface area contributed by atoms with E-state index in [-0.39, 0.29) is 34.8 Å². The fraction of sp³-hybridized carbons (Fsp3) is 0.310. The molecule has 0 fully saturated rings. The van der Waals surface area contributed by atoms with Gasteiger partial charge in [-0.05, 0) is 62.7 Å². The Balaban J connectivity index is 2.04. The molecule has 1 N–H and O–H groups in total. The Hall–Kier alpha value is -3.76. The van der Waals surface area contributed by atoms with Crippen LogP contribution in [-0.2, 0) is 26.2 Å². The van der Waals surface area contributed by atoms with Gasteiger partial charge in [0.05, 0.1) is 24.8 Å². The first-order chi connectivity index (χ1) is 19.0. The smallest absolute Gasteiger partial charge is 0.264 e. The van der Waals surface area contributed by atoms with Gasteiger partial charge in [-0.2, -0.15) is 0 Å². The van der Waals surface area contributed by atoms with Gasteiger partial charge in [-0.3, -0.25) is 13.9 Å². The van der Waals surface area contributed by atoms with E-state index in [1.54, 1.807) is 61.5 Å². The van der Waals surface area contributed by atoms with E-state index < -0.39 is 28.5 Å². The van der Waals surface area contributed by atoms with Crippen LogP contribution in [0.3, 0.4) is 0 Å². The van der Waals surface area contributed by atoms with Crippen molar-refractivity contribution in [1.29, 1.82) is 0 Å². The molecule has 0 spiro atoms. The van der Waals surface area contributed by atoms with Crippen LogP contribution in [0.1, 0.15) is 26.3 Å². The molecule has 40 heavy (non-hydrogen) atoms. The molecule has 0 saturated carbocycles. The zero-order valence-corrected chi connectivity index (χ0v) is 24.7. The van der Waals surface area contributed by atoms with E-state index in [4.69, 9.17) is 21.1 Å². The highest BCUT2D eigenvalue weighted by molar-refractivity contribution is 7.92. The highest BCUT2D eigenvalue weighted by Crippen LogP contribution is 2.32. The van der Waals surface area contributed by atoms with Crippen molar-refractivity contribution >= 4 is 39.1 Å². The maximum absolute atomic E-state index is 14.0. The van der Waals surface area contributed by atoms with Gasteiger partial charge in [0.2, 0.25) is 11.8 Å². The molecule has 0 bridgehead atoms. The highest BCUT2D eigenvalue weighted by atomic mass is 35.5. The first kappa shape index (κ1) is 30.8. The molecule has 2 amide bonds. The summed E-state index contributed by atoms with van der Waals surface area (Å²) in [4.78, 5) is 28.1. The molecule has 3 aromatic rings. The number of carbonyl (C=O) groups is 2. The van der Waals surface area contributed by atoms with Crippen LogP contribution in [0.5, 0.6) is 11.5 Å². The predicted molar refractivity (Wildman–Crippen MR) is 155 cm³/mol. The average molecular weight is 588 g/mol. The average Bonchev–Trinajstić information content (AvgIpc) is 2.94. The fourth-order valence-corrected chi connectivity index (χ4v) is 5.56. The summed E-state index contributed by atoms with van der Waals surface area (Å²) in [5.74, 6) is -0.324. The molecule has 0 aliphatic carbocycles.